The van der Waals surface area contributed by atoms with Crippen molar-refractivity contribution in [1.82, 2.24) is 15.5 Å². The van der Waals surface area contributed by atoms with Gasteiger partial charge in [-0.1, -0.05) is 79.7 Å². The summed E-state index contributed by atoms with van der Waals surface area (Å²) in [7, 11) is -3.71. The van der Waals surface area contributed by atoms with Crippen LogP contribution in [0.5, 0.6) is 0 Å². The minimum absolute atomic E-state index is 0.0156. The highest BCUT2D eigenvalue weighted by molar-refractivity contribution is 6.72. The highest BCUT2D eigenvalue weighted by atomic mass is 28.4. The molecule has 16 heteroatoms. The topological polar surface area (TPSA) is 141 Å². The quantitative estimate of drug-likeness (QED) is 0.0972. The maximum Gasteiger partial charge on any atom is 0.264 e. The van der Waals surface area contributed by atoms with Crippen LogP contribution in [0.25, 0.3) is 0 Å². The maximum absolute atomic E-state index is 17.3. The predicted molar refractivity (Wildman–Crippen MR) is 291 cm³/mol. The zero-order valence-electron chi connectivity index (χ0n) is 43.1. The Hall–Kier alpha value is -6.43. The minimum atomic E-state index is -3.71. The number of fused-ring (bicyclic) bond motifs is 3. The Morgan fingerprint density at radius 2 is 1.23 bits per heavy atom. The Balaban J connectivity index is 0.901. The number of aliphatic hydroxyl groups excluding tert-OH is 1. The number of rotatable bonds is 10. The number of hydrogen-bond acceptors (Lipinski definition) is 10. The van der Waals surface area contributed by atoms with Crippen molar-refractivity contribution in [3.63, 3.8) is 0 Å². The van der Waals surface area contributed by atoms with Crippen molar-refractivity contribution >= 4 is 60.5 Å². The monoisotopic (exact) mass is 1030 g/mol. The molecule has 390 valence electrons. The predicted octanol–water partition coefficient (Wildman–Crippen LogP) is 7.21. The van der Waals surface area contributed by atoms with E-state index >= 15 is 13.7 Å². The molecule has 4 amide bonds. The lowest BCUT2D eigenvalue weighted by molar-refractivity contribution is -0.151. The second-order valence-corrected chi connectivity index (χ2v) is 26.2. The van der Waals surface area contributed by atoms with Crippen molar-refractivity contribution in [1.29, 1.82) is 0 Å². The number of nitrogens with one attached hydrogen (secondary N) is 2. The number of amides is 4. The zero-order valence-corrected chi connectivity index (χ0v) is 44.1. The Morgan fingerprint density at radius 1 is 0.693 bits per heavy atom. The van der Waals surface area contributed by atoms with Gasteiger partial charge in [0.2, 0.25) is 14.3 Å². The lowest BCUT2D eigenvalue weighted by Gasteiger charge is -2.39. The summed E-state index contributed by atoms with van der Waals surface area (Å²) in [5.41, 5.74) is 3.49. The number of para-hydroxylation sites is 2. The van der Waals surface area contributed by atoms with E-state index in [0.29, 0.717) is 82.0 Å². The van der Waals surface area contributed by atoms with Crippen LogP contribution < -0.4 is 35.1 Å². The van der Waals surface area contributed by atoms with Gasteiger partial charge >= 0.3 is 0 Å². The lowest BCUT2D eigenvalue weighted by atomic mass is 9.82. The number of hydrogen-bond donors (Lipinski definition) is 3. The van der Waals surface area contributed by atoms with Gasteiger partial charge in [-0.2, -0.15) is 0 Å². The van der Waals surface area contributed by atoms with E-state index in [9.17, 15) is 14.7 Å². The first-order valence-electron chi connectivity index (χ1n) is 26.9. The molecular weight excluding hydrogens is 964 g/mol. The van der Waals surface area contributed by atoms with Crippen molar-refractivity contribution in [2.75, 3.05) is 70.6 Å². The third-order valence-electron chi connectivity index (χ3n) is 18.0. The summed E-state index contributed by atoms with van der Waals surface area (Å²) in [5, 5.41) is 17.5. The van der Waals surface area contributed by atoms with Crippen LogP contribution in [-0.2, 0) is 49.0 Å². The number of benzene rings is 5. The van der Waals surface area contributed by atoms with Crippen molar-refractivity contribution in [2.24, 2.45) is 5.92 Å². The van der Waals surface area contributed by atoms with E-state index in [0.717, 1.165) is 46.8 Å². The summed E-state index contributed by atoms with van der Waals surface area (Å²) < 4.78 is 24.5. The number of nitrogens with zero attached hydrogens (tertiary/aromatic N) is 6. The molecule has 3 N–H and O–H groups in total. The third-order valence-corrected chi connectivity index (χ3v) is 20.4. The molecule has 0 aliphatic carbocycles. The summed E-state index contributed by atoms with van der Waals surface area (Å²) in [5.74, 6) is -1.25. The van der Waals surface area contributed by atoms with E-state index in [1.165, 1.54) is 0 Å². The minimum Gasteiger partial charge on any atom is -0.394 e. The average Bonchev–Trinajstić information content (AvgIpc) is 4.07. The molecule has 0 unspecified atom stereocenters. The molecule has 5 fully saturated rings. The molecule has 5 aromatic carbocycles. The van der Waals surface area contributed by atoms with Gasteiger partial charge in [-0.15, -0.1) is 0 Å². The third kappa shape index (κ3) is 8.00. The Labute approximate surface area is 439 Å². The van der Waals surface area contributed by atoms with Crippen LogP contribution >= 0.6 is 0 Å². The van der Waals surface area contributed by atoms with E-state index in [4.69, 9.17) is 4.74 Å². The SMILES string of the molecule is C[C@@H]1[C@@H]([Si](C)(C)F)[C@H](CC(=O)N2Cc3ccccc3C[C@H]2CO)O[C@@]12C(=O)N(Cc1ccc(N3CN(c4ccccc4)C4(CCNCC4)C3=O)cc1)c1ccc(N3CN(c4ccccc4)C4(CCNCC4)C3=O)cc12. The lowest BCUT2D eigenvalue weighted by Crippen LogP contribution is -2.55. The summed E-state index contributed by atoms with van der Waals surface area (Å²) >= 11 is 0. The van der Waals surface area contributed by atoms with Crippen LogP contribution in [0.2, 0.25) is 18.6 Å². The highest BCUT2D eigenvalue weighted by Gasteiger charge is 2.67. The van der Waals surface area contributed by atoms with Crippen LogP contribution in [0.4, 0.5) is 32.5 Å². The first-order valence-corrected chi connectivity index (χ1v) is 29.8. The molecule has 5 aromatic rings. The second-order valence-electron chi connectivity index (χ2n) is 22.4. The molecule has 7 heterocycles. The van der Waals surface area contributed by atoms with E-state index in [2.05, 4.69) is 32.6 Å². The van der Waals surface area contributed by atoms with Crippen LogP contribution in [0, 0.1) is 5.92 Å². The molecule has 7 aliphatic heterocycles. The first-order chi connectivity index (χ1) is 36.3. The number of anilines is 5. The highest BCUT2D eigenvalue weighted by Crippen LogP contribution is 2.61. The second kappa shape index (κ2) is 19.0. The molecule has 75 heavy (non-hydrogen) atoms. The molecule has 3 spiro atoms. The average molecular weight is 1030 g/mol. The van der Waals surface area contributed by atoms with Gasteiger partial charge in [-0.3, -0.25) is 29.0 Å². The Bertz CT molecular complexity index is 3000. The number of piperidine rings is 2. The molecule has 12 rings (SSSR count). The van der Waals surface area contributed by atoms with Crippen molar-refractivity contribution in [2.45, 2.75) is 106 Å². The fourth-order valence-corrected chi connectivity index (χ4v) is 16.7. The zero-order chi connectivity index (χ0) is 51.9. The largest absolute Gasteiger partial charge is 0.394 e. The van der Waals surface area contributed by atoms with Gasteiger partial charge in [0.25, 0.3) is 17.7 Å². The van der Waals surface area contributed by atoms with Gasteiger partial charge in [0.15, 0.2) is 5.60 Å². The van der Waals surface area contributed by atoms with Crippen molar-refractivity contribution < 1.29 is 33.1 Å². The number of carbonyl (C=O) groups excluding carboxylic acids is 4. The van der Waals surface area contributed by atoms with Gasteiger partial charge in [0.05, 0.1) is 50.7 Å². The van der Waals surface area contributed by atoms with Gasteiger partial charge in [-0.25, -0.2) is 0 Å². The molecule has 0 aromatic heterocycles. The fourth-order valence-electron chi connectivity index (χ4n) is 14.2. The molecule has 0 saturated carbocycles. The standard InChI is InChI=1S/C59H67FN8O6Si/c1-40-53(75(2,3)60)51(34-52(70)63-36-43-13-11-10-12-42(43)32-48(63)37-69)74-59(40)49-33-47(66-39-68(46-16-8-5-9-17-46)58(55(66)72)26-30-62-31-27-58)22-23-50(49)64(56(59)73)35-41-18-20-44(21-19-41)65-38-67(45-14-6-4-7-15-45)57(54(65)71)24-28-61-29-25-57/h4-23,33,40,48,51,53,61-62,69H,24-32,34-39H2,1-3H3/t40-,48+,51+,53-,59+/m1/s1. The van der Waals surface area contributed by atoms with Gasteiger partial charge in [0.1, 0.15) is 11.1 Å². The number of halogens is 1. The molecular formula is C59H67FN8O6Si. The van der Waals surface area contributed by atoms with Crippen molar-refractivity contribution in [3.05, 3.63) is 150 Å². The van der Waals surface area contributed by atoms with Gasteiger partial charge in [0, 0.05) is 46.3 Å². The summed E-state index contributed by atoms with van der Waals surface area (Å²) in [6, 6.07) is 41.2. The molecule has 0 radical (unpaired) electrons. The van der Waals surface area contributed by atoms with Crippen LogP contribution in [0.1, 0.15) is 61.3 Å². The molecule has 7 aliphatic rings. The normalized spacial score (nSPS) is 26.1. The Morgan fingerprint density at radius 3 is 1.79 bits per heavy atom. The summed E-state index contributed by atoms with van der Waals surface area (Å²) in [6.45, 7) is 8.99. The van der Waals surface area contributed by atoms with E-state index in [1.807, 2.05) is 132 Å². The smallest absolute Gasteiger partial charge is 0.264 e. The molecule has 0 bridgehead atoms. The maximum atomic E-state index is 17.3. The first kappa shape index (κ1) is 49.4. The summed E-state index contributed by atoms with van der Waals surface area (Å²) in [4.78, 5) is 71.8. The summed E-state index contributed by atoms with van der Waals surface area (Å²) in [6.07, 6.45) is 2.02. The van der Waals surface area contributed by atoms with Crippen molar-refractivity contribution in [3.8, 4) is 0 Å². The fraction of sp³-hybridized carbons (Fsp3) is 0.424. The Kier molecular flexibility index (Phi) is 12.5. The van der Waals surface area contributed by atoms with E-state index < -0.39 is 48.7 Å². The van der Waals surface area contributed by atoms with E-state index in [-0.39, 0.29) is 43.2 Å². The van der Waals surface area contributed by atoms with Gasteiger partial charge < -0.3 is 44.2 Å². The van der Waals surface area contributed by atoms with Gasteiger partial charge in [-0.05, 0) is 143 Å². The van der Waals surface area contributed by atoms with Crippen LogP contribution in [0.3, 0.4) is 0 Å². The molecule has 5 saturated heterocycles. The van der Waals surface area contributed by atoms with E-state index in [1.54, 1.807) is 22.9 Å². The van der Waals surface area contributed by atoms with Crippen LogP contribution in [-0.4, -0.2) is 111 Å². The number of carbonyl (C=O) groups is 4. The van der Waals surface area contributed by atoms with Crippen LogP contribution in [0.15, 0.2) is 127 Å². The number of ether oxygens (including phenoxy) is 1. The molecule has 14 nitrogen and oxygen atoms in total. The molecule has 5 atom stereocenters. The number of aliphatic hydroxyl groups is 1.